The summed E-state index contributed by atoms with van der Waals surface area (Å²) < 4.78 is 6.00. The molecule has 1 aliphatic rings. The van der Waals surface area contributed by atoms with Crippen LogP contribution in [0.4, 0.5) is 0 Å². The normalized spacial score (nSPS) is 22.7. The second-order valence-electron chi connectivity index (χ2n) is 5.63. The fraction of sp³-hybridized carbons (Fsp3) is 0.688. The van der Waals surface area contributed by atoms with Gasteiger partial charge in [0.15, 0.2) is 4.88 Å². The van der Waals surface area contributed by atoms with Crippen LogP contribution in [0.15, 0.2) is 6.07 Å². The van der Waals surface area contributed by atoms with Gasteiger partial charge in [-0.2, -0.15) is 0 Å². The largest absolute Gasteiger partial charge is 0.489 e. The van der Waals surface area contributed by atoms with Gasteiger partial charge in [0.2, 0.25) is 0 Å². The van der Waals surface area contributed by atoms with Crippen molar-refractivity contribution < 1.29 is 14.6 Å². The lowest BCUT2D eigenvalue weighted by Gasteiger charge is -2.28. The van der Waals surface area contributed by atoms with Crippen molar-refractivity contribution in [1.29, 1.82) is 0 Å². The number of aryl methyl sites for hydroxylation is 1. The van der Waals surface area contributed by atoms with E-state index >= 15 is 0 Å². The Bertz CT molecular complexity index is 445. The molecule has 0 atom stereocenters. The molecule has 1 fully saturated rings. The van der Waals surface area contributed by atoms with Gasteiger partial charge in [-0.3, -0.25) is 0 Å². The van der Waals surface area contributed by atoms with E-state index in [9.17, 15) is 9.90 Å². The van der Waals surface area contributed by atoms with Crippen LogP contribution >= 0.6 is 11.3 Å². The molecule has 0 amide bonds. The molecule has 4 heteroatoms. The minimum Gasteiger partial charge on any atom is -0.489 e. The molecule has 0 radical (unpaired) electrons. The van der Waals surface area contributed by atoms with Gasteiger partial charge >= 0.3 is 5.97 Å². The summed E-state index contributed by atoms with van der Waals surface area (Å²) in [6.07, 6.45) is 7.90. The van der Waals surface area contributed by atoms with Crippen LogP contribution in [0.25, 0.3) is 0 Å². The monoisotopic (exact) mass is 296 g/mol. The summed E-state index contributed by atoms with van der Waals surface area (Å²) >= 11 is 1.36. The maximum absolute atomic E-state index is 11.3. The summed E-state index contributed by atoms with van der Waals surface area (Å²) in [4.78, 5) is 12.8. The van der Waals surface area contributed by atoms with Crippen molar-refractivity contribution >= 4 is 17.3 Å². The number of hydrogen-bond donors (Lipinski definition) is 1. The number of hydrogen-bond acceptors (Lipinski definition) is 3. The van der Waals surface area contributed by atoms with Gasteiger partial charge in [-0.1, -0.05) is 26.7 Å². The summed E-state index contributed by atoms with van der Waals surface area (Å²) in [5, 5.41) is 9.29. The Hall–Kier alpha value is -1.03. The van der Waals surface area contributed by atoms with Gasteiger partial charge in [0.25, 0.3) is 0 Å². The zero-order valence-electron chi connectivity index (χ0n) is 12.4. The number of carboxylic acid groups (broad SMARTS) is 1. The smallest absolute Gasteiger partial charge is 0.349 e. The lowest BCUT2D eigenvalue weighted by molar-refractivity contribution is 0.0690. The van der Waals surface area contributed by atoms with Gasteiger partial charge in [0, 0.05) is 4.88 Å². The van der Waals surface area contributed by atoms with E-state index in [1.54, 1.807) is 0 Å². The van der Waals surface area contributed by atoms with E-state index in [-0.39, 0.29) is 6.10 Å². The Balaban J connectivity index is 2.03. The third-order valence-electron chi connectivity index (χ3n) is 4.10. The molecule has 0 aromatic carbocycles. The first-order valence-corrected chi connectivity index (χ1v) is 8.48. The Morgan fingerprint density at radius 1 is 1.35 bits per heavy atom. The van der Waals surface area contributed by atoms with Crippen molar-refractivity contribution in [3.8, 4) is 5.75 Å². The van der Waals surface area contributed by atoms with Crippen molar-refractivity contribution in [2.45, 2.75) is 64.9 Å². The molecule has 1 aromatic rings. The minimum absolute atomic E-state index is 0.194. The number of aromatic carboxylic acids is 1. The molecule has 1 aliphatic carbocycles. The molecule has 3 nitrogen and oxygen atoms in total. The molecule has 0 unspecified atom stereocenters. The summed E-state index contributed by atoms with van der Waals surface area (Å²) in [6, 6.07) is 1.93. The fourth-order valence-corrected chi connectivity index (χ4v) is 3.90. The highest BCUT2D eigenvalue weighted by molar-refractivity contribution is 7.14. The van der Waals surface area contributed by atoms with Crippen molar-refractivity contribution in [3.63, 3.8) is 0 Å². The zero-order chi connectivity index (χ0) is 14.5. The quantitative estimate of drug-likeness (QED) is 0.824. The van der Waals surface area contributed by atoms with Crippen molar-refractivity contribution in [1.82, 2.24) is 0 Å². The molecule has 20 heavy (non-hydrogen) atoms. The average molecular weight is 296 g/mol. The number of carboxylic acids is 1. The summed E-state index contributed by atoms with van der Waals surface area (Å²) in [7, 11) is 0. The third-order valence-corrected chi connectivity index (χ3v) is 5.27. The number of rotatable bonds is 6. The van der Waals surface area contributed by atoms with Gasteiger partial charge in [-0.15, -0.1) is 11.3 Å². The number of carbonyl (C=O) groups is 1. The maximum atomic E-state index is 11.3. The predicted octanol–water partition coefficient (Wildman–Crippen LogP) is 4.75. The van der Waals surface area contributed by atoms with E-state index < -0.39 is 5.97 Å². The summed E-state index contributed by atoms with van der Waals surface area (Å²) in [5.74, 6) is 0.549. The van der Waals surface area contributed by atoms with Crippen molar-refractivity contribution in [2.75, 3.05) is 0 Å². The molecule has 0 spiro atoms. The van der Waals surface area contributed by atoms with Gasteiger partial charge in [-0.25, -0.2) is 4.79 Å². The Morgan fingerprint density at radius 3 is 2.60 bits per heavy atom. The SMILES string of the molecule is CCCc1cc(OC2CCC(CC)CC2)c(C(=O)O)s1. The first kappa shape index (κ1) is 15.4. The van der Waals surface area contributed by atoms with Crippen molar-refractivity contribution in [3.05, 3.63) is 15.8 Å². The Morgan fingerprint density at radius 2 is 2.05 bits per heavy atom. The zero-order valence-corrected chi connectivity index (χ0v) is 13.2. The maximum Gasteiger partial charge on any atom is 0.349 e. The van der Waals surface area contributed by atoms with E-state index in [0.717, 1.165) is 36.5 Å². The lowest BCUT2D eigenvalue weighted by atomic mass is 9.86. The third kappa shape index (κ3) is 3.75. The molecule has 1 heterocycles. The summed E-state index contributed by atoms with van der Waals surface area (Å²) in [5.41, 5.74) is 0. The van der Waals surface area contributed by atoms with Gasteiger partial charge in [-0.05, 0) is 44.1 Å². The molecule has 112 valence electrons. The fourth-order valence-electron chi connectivity index (χ4n) is 2.87. The van der Waals surface area contributed by atoms with Crippen LogP contribution in [0.5, 0.6) is 5.75 Å². The molecule has 1 aromatic heterocycles. The van der Waals surface area contributed by atoms with E-state index in [1.807, 2.05) is 6.07 Å². The molecule has 0 aliphatic heterocycles. The number of ether oxygens (including phenoxy) is 1. The predicted molar refractivity (Wildman–Crippen MR) is 81.9 cm³/mol. The highest BCUT2D eigenvalue weighted by atomic mass is 32.1. The van der Waals surface area contributed by atoms with Crippen molar-refractivity contribution in [2.24, 2.45) is 5.92 Å². The van der Waals surface area contributed by atoms with E-state index in [1.165, 1.54) is 30.6 Å². The highest BCUT2D eigenvalue weighted by Crippen LogP contribution is 2.34. The van der Waals surface area contributed by atoms with E-state index in [4.69, 9.17) is 4.74 Å². The first-order chi connectivity index (χ1) is 9.63. The summed E-state index contributed by atoms with van der Waals surface area (Å²) in [6.45, 7) is 4.34. The standard InChI is InChI=1S/C16H24O3S/c1-3-5-13-10-14(15(20-13)16(17)18)19-12-8-6-11(4-2)7-9-12/h10-12H,3-9H2,1-2H3,(H,17,18). The Labute approximate surface area is 125 Å². The van der Waals surface area contributed by atoms with Gasteiger partial charge in [0.1, 0.15) is 5.75 Å². The molecule has 0 bridgehead atoms. The topological polar surface area (TPSA) is 46.5 Å². The molecule has 1 saturated carbocycles. The lowest BCUT2D eigenvalue weighted by Crippen LogP contribution is -2.24. The molecule has 2 rings (SSSR count). The van der Waals surface area contributed by atoms with Crippen LogP contribution in [0, 0.1) is 5.92 Å². The number of thiophene rings is 1. The van der Waals surface area contributed by atoms with Crippen LogP contribution < -0.4 is 4.74 Å². The van der Waals surface area contributed by atoms with Crippen LogP contribution in [-0.2, 0) is 6.42 Å². The highest BCUT2D eigenvalue weighted by Gasteiger charge is 2.24. The van der Waals surface area contributed by atoms with E-state index in [0.29, 0.717) is 10.6 Å². The van der Waals surface area contributed by atoms with Gasteiger partial charge < -0.3 is 9.84 Å². The van der Waals surface area contributed by atoms with Crippen LogP contribution in [-0.4, -0.2) is 17.2 Å². The van der Waals surface area contributed by atoms with Crippen LogP contribution in [0.1, 0.15) is 66.9 Å². The average Bonchev–Trinajstić information content (AvgIpc) is 2.83. The first-order valence-electron chi connectivity index (χ1n) is 7.66. The Kier molecular flexibility index (Phi) is 5.46. The molecule has 1 N–H and O–H groups in total. The minimum atomic E-state index is -0.866. The second-order valence-corrected chi connectivity index (χ2v) is 6.77. The molecule has 0 saturated heterocycles. The van der Waals surface area contributed by atoms with Gasteiger partial charge in [0.05, 0.1) is 6.10 Å². The molecular formula is C16H24O3S. The second kappa shape index (κ2) is 7.11. The molecular weight excluding hydrogens is 272 g/mol. The van der Waals surface area contributed by atoms with E-state index in [2.05, 4.69) is 13.8 Å². The van der Waals surface area contributed by atoms with Crippen LogP contribution in [0.3, 0.4) is 0 Å². The van der Waals surface area contributed by atoms with Crippen LogP contribution in [0.2, 0.25) is 0 Å².